The van der Waals surface area contributed by atoms with Gasteiger partial charge in [-0.05, 0) is 47.5 Å². The summed E-state index contributed by atoms with van der Waals surface area (Å²) in [6, 6.07) is 25.4. The molecule has 0 spiro atoms. The molecular weight excluding hydrogens is 376 g/mol. The Morgan fingerprint density at radius 1 is 1.00 bits per heavy atom. The predicted molar refractivity (Wildman–Crippen MR) is 117 cm³/mol. The fourth-order valence-electron chi connectivity index (χ4n) is 3.04. The maximum Gasteiger partial charge on any atom is 0.241 e. The molecule has 6 heteroatoms. The summed E-state index contributed by atoms with van der Waals surface area (Å²) in [7, 11) is 0. The van der Waals surface area contributed by atoms with Crippen LogP contribution < -0.4 is 10.2 Å². The molecule has 6 nitrogen and oxygen atoms in total. The van der Waals surface area contributed by atoms with Crippen molar-refractivity contribution in [2.45, 2.75) is 19.6 Å². The molecule has 0 atom stereocenters. The van der Waals surface area contributed by atoms with E-state index in [1.807, 2.05) is 83.4 Å². The van der Waals surface area contributed by atoms with Crippen LogP contribution in [0.15, 0.2) is 90.3 Å². The van der Waals surface area contributed by atoms with Gasteiger partial charge >= 0.3 is 0 Å². The van der Waals surface area contributed by atoms with Crippen molar-refractivity contribution in [2.24, 2.45) is 5.10 Å². The van der Waals surface area contributed by atoms with Gasteiger partial charge in [-0.25, -0.2) is 10.4 Å². The number of carbonyl (C=O) groups excluding carboxylic acids is 1. The number of ether oxygens (including phenoxy) is 1. The van der Waals surface area contributed by atoms with Crippen molar-refractivity contribution in [1.29, 1.82) is 0 Å². The van der Waals surface area contributed by atoms with Gasteiger partial charge in [0, 0.05) is 13.0 Å². The van der Waals surface area contributed by atoms with Crippen LogP contribution in [0.1, 0.15) is 17.5 Å². The first kappa shape index (κ1) is 19.4. The van der Waals surface area contributed by atoms with E-state index >= 15 is 0 Å². The highest BCUT2D eigenvalue weighted by Crippen LogP contribution is 2.14. The minimum absolute atomic E-state index is 0.146. The number of hydrazone groups is 1. The summed E-state index contributed by atoms with van der Waals surface area (Å²) in [6.07, 6.45) is 3.69. The maximum atomic E-state index is 12.1. The van der Waals surface area contributed by atoms with Gasteiger partial charge < -0.3 is 9.30 Å². The van der Waals surface area contributed by atoms with Crippen molar-refractivity contribution in [3.63, 3.8) is 0 Å². The molecule has 0 saturated carbocycles. The first-order chi connectivity index (χ1) is 14.8. The predicted octanol–water partition coefficient (Wildman–Crippen LogP) is 4.16. The second-order valence-corrected chi connectivity index (χ2v) is 6.81. The van der Waals surface area contributed by atoms with Crippen LogP contribution in [0.5, 0.6) is 5.75 Å². The molecule has 0 bridgehead atoms. The van der Waals surface area contributed by atoms with Gasteiger partial charge in [-0.15, -0.1) is 0 Å². The summed E-state index contributed by atoms with van der Waals surface area (Å²) in [5.41, 5.74) is 6.51. The lowest BCUT2D eigenvalue weighted by atomic mass is 10.2. The first-order valence-corrected chi connectivity index (χ1v) is 9.76. The normalized spacial score (nSPS) is 11.1. The molecule has 1 aromatic heterocycles. The van der Waals surface area contributed by atoms with Crippen molar-refractivity contribution in [3.05, 3.63) is 96.3 Å². The number of imidazole rings is 1. The van der Waals surface area contributed by atoms with Crippen molar-refractivity contribution in [1.82, 2.24) is 15.0 Å². The van der Waals surface area contributed by atoms with Crippen LogP contribution >= 0.6 is 0 Å². The zero-order valence-corrected chi connectivity index (χ0v) is 16.4. The Balaban J connectivity index is 1.23. The number of para-hydroxylation sites is 2. The van der Waals surface area contributed by atoms with Gasteiger partial charge in [-0.2, -0.15) is 5.10 Å². The molecule has 0 unspecified atom stereocenters. The van der Waals surface area contributed by atoms with Crippen molar-refractivity contribution in [3.8, 4) is 5.75 Å². The summed E-state index contributed by atoms with van der Waals surface area (Å²) >= 11 is 0. The number of aryl methyl sites for hydroxylation is 1. The van der Waals surface area contributed by atoms with Gasteiger partial charge in [0.05, 0.1) is 23.6 Å². The topological polar surface area (TPSA) is 68.5 Å². The molecule has 0 radical (unpaired) electrons. The van der Waals surface area contributed by atoms with E-state index in [1.54, 1.807) is 12.5 Å². The number of hydrogen-bond acceptors (Lipinski definition) is 4. The summed E-state index contributed by atoms with van der Waals surface area (Å²) in [6.45, 7) is 1.08. The fourth-order valence-corrected chi connectivity index (χ4v) is 3.04. The summed E-state index contributed by atoms with van der Waals surface area (Å²) in [4.78, 5) is 16.4. The first-order valence-electron chi connectivity index (χ1n) is 9.76. The highest BCUT2D eigenvalue weighted by molar-refractivity contribution is 5.82. The van der Waals surface area contributed by atoms with E-state index in [0.29, 0.717) is 19.6 Å². The van der Waals surface area contributed by atoms with Crippen molar-refractivity contribution < 1.29 is 9.53 Å². The molecule has 4 aromatic rings. The molecule has 0 aliphatic rings. The number of amides is 1. The lowest BCUT2D eigenvalue weighted by Gasteiger charge is -2.06. The number of rotatable bonds is 8. The van der Waals surface area contributed by atoms with Crippen LogP contribution in [-0.4, -0.2) is 21.7 Å². The van der Waals surface area contributed by atoms with E-state index in [1.165, 1.54) is 0 Å². The lowest BCUT2D eigenvalue weighted by molar-refractivity contribution is -0.121. The lowest BCUT2D eigenvalue weighted by Crippen LogP contribution is -2.19. The van der Waals surface area contributed by atoms with Gasteiger partial charge in [0.25, 0.3) is 0 Å². The van der Waals surface area contributed by atoms with Crippen LogP contribution in [0.25, 0.3) is 11.0 Å². The standard InChI is InChI=1S/C24H22N4O2/c29-24(14-15-28-18-25-22-8-4-5-9-23(22)28)27-26-16-19-10-12-21(13-11-19)30-17-20-6-2-1-3-7-20/h1-13,16,18H,14-15,17H2,(H,27,29)/b26-16-. The molecule has 0 fully saturated rings. The summed E-state index contributed by atoms with van der Waals surface area (Å²) in [5, 5.41) is 4.04. The largest absolute Gasteiger partial charge is 0.489 e. The molecule has 0 saturated heterocycles. The van der Waals surface area contributed by atoms with Crippen molar-refractivity contribution >= 4 is 23.2 Å². The molecule has 150 valence electrons. The smallest absolute Gasteiger partial charge is 0.241 e. The molecule has 0 aliphatic carbocycles. The number of hydrogen-bond donors (Lipinski definition) is 1. The van der Waals surface area contributed by atoms with E-state index in [2.05, 4.69) is 15.5 Å². The fraction of sp³-hybridized carbons (Fsp3) is 0.125. The van der Waals surface area contributed by atoms with E-state index in [4.69, 9.17) is 4.74 Å². The third kappa shape index (κ3) is 5.11. The Hall–Kier alpha value is -3.93. The van der Waals surface area contributed by atoms with Gasteiger partial charge in [-0.3, -0.25) is 4.79 Å². The number of nitrogens with zero attached hydrogens (tertiary/aromatic N) is 3. The van der Waals surface area contributed by atoms with Crippen LogP contribution in [0.2, 0.25) is 0 Å². The van der Waals surface area contributed by atoms with Gasteiger partial charge in [-0.1, -0.05) is 42.5 Å². The zero-order valence-electron chi connectivity index (χ0n) is 16.4. The van der Waals surface area contributed by atoms with Gasteiger partial charge in [0.2, 0.25) is 5.91 Å². The minimum atomic E-state index is -0.146. The van der Waals surface area contributed by atoms with E-state index < -0.39 is 0 Å². The van der Waals surface area contributed by atoms with Crippen LogP contribution in [0, 0.1) is 0 Å². The monoisotopic (exact) mass is 398 g/mol. The second kappa shape index (κ2) is 9.52. The summed E-state index contributed by atoms with van der Waals surface area (Å²) in [5.74, 6) is 0.638. The third-order valence-electron chi connectivity index (χ3n) is 4.64. The highest BCUT2D eigenvalue weighted by Gasteiger charge is 2.04. The van der Waals surface area contributed by atoms with Gasteiger partial charge in [0.1, 0.15) is 12.4 Å². The number of benzene rings is 3. The van der Waals surface area contributed by atoms with Crippen LogP contribution in [0.3, 0.4) is 0 Å². The van der Waals surface area contributed by atoms with E-state index in [0.717, 1.165) is 27.9 Å². The second-order valence-electron chi connectivity index (χ2n) is 6.81. The Labute approximate surface area is 174 Å². The molecule has 0 aliphatic heterocycles. The third-order valence-corrected chi connectivity index (χ3v) is 4.64. The van der Waals surface area contributed by atoms with Crippen LogP contribution in [-0.2, 0) is 17.9 Å². The van der Waals surface area contributed by atoms with Crippen molar-refractivity contribution in [2.75, 3.05) is 0 Å². The Kier molecular flexibility index (Phi) is 6.15. The average molecular weight is 398 g/mol. The van der Waals surface area contributed by atoms with E-state index in [-0.39, 0.29) is 5.91 Å². The number of fused-ring (bicyclic) bond motifs is 1. The molecule has 4 rings (SSSR count). The molecule has 1 N–H and O–H groups in total. The molecule has 1 amide bonds. The SMILES string of the molecule is O=C(CCn1cnc2ccccc21)N/N=C\c1ccc(OCc2ccccc2)cc1. The number of nitrogens with one attached hydrogen (secondary N) is 1. The Morgan fingerprint density at radius 3 is 2.60 bits per heavy atom. The van der Waals surface area contributed by atoms with Gasteiger partial charge in [0.15, 0.2) is 0 Å². The highest BCUT2D eigenvalue weighted by atomic mass is 16.5. The maximum absolute atomic E-state index is 12.1. The quantitative estimate of drug-likeness (QED) is 0.358. The molecule has 30 heavy (non-hydrogen) atoms. The molecule has 1 heterocycles. The zero-order chi connectivity index (χ0) is 20.6. The van der Waals surface area contributed by atoms with E-state index in [9.17, 15) is 4.79 Å². The molecule has 3 aromatic carbocycles. The number of carbonyl (C=O) groups is 1. The number of aromatic nitrogens is 2. The minimum Gasteiger partial charge on any atom is -0.489 e. The Morgan fingerprint density at radius 2 is 1.77 bits per heavy atom. The average Bonchev–Trinajstić information content (AvgIpc) is 3.21. The van der Waals surface area contributed by atoms with Crippen LogP contribution in [0.4, 0.5) is 0 Å². The summed E-state index contributed by atoms with van der Waals surface area (Å²) < 4.78 is 7.73. The Bertz CT molecular complexity index is 1130. The molecular formula is C24H22N4O2.